The van der Waals surface area contributed by atoms with Gasteiger partial charge in [0.25, 0.3) is 0 Å². The van der Waals surface area contributed by atoms with Gasteiger partial charge in [-0.15, -0.1) is 0 Å². The van der Waals surface area contributed by atoms with Crippen LogP contribution < -0.4 is 11.5 Å². The fraction of sp³-hybridized carbons (Fsp3) is 0.391. The minimum atomic E-state index is 0.685. The van der Waals surface area contributed by atoms with E-state index in [4.69, 9.17) is 11.5 Å². The third-order valence-corrected chi connectivity index (χ3v) is 6.11. The maximum atomic E-state index is 6.45. The van der Waals surface area contributed by atoms with E-state index in [1.807, 2.05) is 6.07 Å². The molecule has 0 atom stereocenters. The zero-order chi connectivity index (χ0) is 18.6. The van der Waals surface area contributed by atoms with Gasteiger partial charge in [-0.05, 0) is 109 Å². The van der Waals surface area contributed by atoms with Gasteiger partial charge in [0.05, 0.1) is 11.4 Å². The van der Waals surface area contributed by atoms with Crippen LogP contribution in [0.15, 0.2) is 6.07 Å². The smallest absolute Gasteiger partial charge is 0.0630 e. The normalized spacial score (nSPS) is 11.6. The monoisotopic (exact) mass is 334 g/mol. The molecule has 2 heteroatoms. The van der Waals surface area contributed by atoms with Crippen molar-refractivity contribution >= 4 is 32.9 Å². The Balaban J connectivity index is 2.77. The van der Waals surface area contributed by atoms with E-state index in [1.54, 1.807) is 0 Å². The molecule has 132 valence electrons. The highest BCUT2D eigenvalue weighted by molar-refractivity contribution is 6.14. The lowest BCUT2D eigenvalue weighted by atomic mass is 9.81. The molecule has 0 heterocycles. The van der Waals surface area contributed by atoms with Crippen LogP contribution >= 0.6 is 0 Å². The fourth-order valence-electron chi connectivity index (χ4n) is 4.86. The van der Waals surface area contributed by atoms with Gasteiger partial charge >= 0.3 is 0 Å². The molecule has 0 radical (unpaired) electrons. The summed E-state index contributed by atoms with van der Waals surface area (Å²) >= 11 is 0. The lowest BCUT2D eigenvalue weighted by Crippen LogP contribution is -2.06. The number of anilines is 2. The van der Waals surface area contributed by atoms with Crippen molar-refractivity contribution < 1.29 is 0 Å². The van der Waals surface area contributed by atoms with E-state index in [-0.39, 0.29) is 0 Å². The summed E-state index contributed by atoms with van der Waals surface area (Å²) < 4.78 is 0. The third kappa shape index (κ3) is 2.23. The van der Waals surface area contributed by atoms with E-state index < -0.39 is 0 Å². The first-order valence-electron chi connectivity index (χ1n) is 9.28. The van der Waals surface area contributed by atoms with Crippen LogP contribution in [0.1, 0.15) is 52.8 Å². The molecule has 0 aliphatic carbocycles. The number of nitrogen functional groups attached to an aromatic ring is 2. The minimum Gasteiger partial charge on any atom is -0.397 e. The SMILES string of the molecule is CCc1c(C)c(C)c2c(C)c3c(C)cc(N)c(N)c3c(C)c2c1CC. The maximum absolute atomic E-state index is 6.45. The third-order valence-electron chi connectivity index (χ3n) is 6.11. The predicted molar refractivity (Wildman–Crippen MR) is 113 cm³/mol. The summed E-state index contributed by atoms with van der Waals surface area (Å²) in [5.41, 5.74) is 23.7. The molecule has 2 nitrogen and oxygen atoms in total. The van der Waals surface area contributed by atoms with Crippen molar-refractivity contribution in [3.05, 3.63) is 45.0 Å². The second-order valence-electron chi connectivity index (χ2n) is 7.36. The molecule has 0 unspecified atom stereocenters. The average molecular weight is 335 g/mol. The van der Waals surface area contributed by atoms with E-state index in [0.29, 0.717) is 5.69 Å². The molecule has 0 fully saturated rings. The lowest BCUT2D eigenvalue weighted by molar-refractivity contribution is 1.02. The highest BCUT2D eigenvalue weighted by Gasteiger charge is 2.21. The van der Waals surface area contributed by atoms with Crippen LogP contribution in [0.4, 0.5) is 11.4 Å². The molecule has 4 N–H and O–H groups in total. The average Bonchev–Trinajstić information content (AvgIpc) is 2.57. The molecular formula is C23H30N2. The summed E-state index contributed by atoms with van der Waals surface area (Å²) in [6.45, 7) is 15.7. The Morgan fingerprint density at radius 3 is 1.76 bits per heavy atom. The van der Waals surface area contributed by atoms with Crippen LogP contribution in [0.5, 0.6) is 0 Å². The summed E-state index contributed by atoms with van der Waals surface area (Å²) in [5, 5.41) is 5.21. The Hall–Kier alpha value is -2.22. The summed E-state index contributed by atoms with van der Waals surface area (Å²) in [7, 11) is 0. The van der Waals surface area contributed by atoms with Crippen LogP contribution in [-0.2, 0) is 12.8 Å². The number of fused-ring (bicyclic) bond motifs is 2. The molecule has 3 aromatic rings. The number of hydrogen-bond donors (Lipinski definition) is 2. The van der Waals surface area contributed by atoms with E-state index >= 15 is 0 Å². The molecule has 3 rings (SSSR count). The van der Waals surface area contributed by atoms with Crippen molar-refractivity contribution in [2.24, 2.45) is 0 Å². The van der Waals surface area contributed by atoms with E-state index in [2.05, 4.69) is 48.5 Å². The standard InChI is InChI=1S/C23H30N2/c1-8-16-12(4)13(5)20-14(6)19-11(3)10-18(24)23(25)22(19)15(7)21(20)17(16)9-2/h10H,8-9,24-25H2,1-7H3. The zero-order valence-electron chi connectivity index (χ0n) is 16.6. The van der Waals surface area contributed by atoms with Crippen LogP contribution in [0.3, 0.4) is 0 Å². The van der Waals surface area contributed by atoms with Gasteiger partial charge in [-0.25, -0.2) is 0 Å². The Kier molecular flexibility index (Phi) is 4.18. The second-order valence-corrected chi connectivity index (χ2v) is 7.36. The van der Waals surface area contributed by atoms with Crippen LogP contribution in [-0.4, -0.2) is 0 Å². The fourth-order valence-corrected chi connectivity index (χ4v) is 4.86. The molecule has 0 aliphatic rings. The van der Waals surface area contributed by atoms with Crippen LogP contribution in [0, 0.1) is 34.6 Å². The molecule has 0 aromatic heterocycles. The lowest BCUT2D eigenvalue weighted by Gasteiger charge is -2.24. The van der Waals surface area contributed by atoms with Crippen molar-refractivity contribution in [1.29, 1.82) is 0 Å². The first kappa shape index (κ1) is 17.6. The van der Waals surface area contributed by atoms with Crippen LogP contribution in [0.2, 0.25) is 0 Å². The highest BCUT2D eigenvalue weighted by atomic mass is 14.7. The van der Waals surface area contributed by atoms with Crippen LogP contribution in [0.25, 0.3) is 21.5 Å². The first-order valence-corrected chi connectivity index (χ1v) is 9.28. The number of hydrogen-bond acceptors (Lipinski definition) is 2. The van der Waals surface area contributed by atoms with E-state index in [0.717, 1.165) is 23.9 Å². The van der Waals surface area contributed by atoms with Crippen molar-refractivity contribution in [3.63, 3.8) is 0 Å². The molecule has 0 saturated heterocycles. The van der Waals surface area contributed by atoms with E-state index in [1.165, 1.54) is 55.1 Å². The molecule has 0 aliphatic heterocycles. The van der Waals surface area contributed by atoms with Crippen molar-refractivity contribution in [2.45, 2.75) is 61.3 Å². The second kappa shape index (κ2) is 5.94. The molecule has 0 saturated carbocycles. The van der Waals surface area contributed by atoms with Crippen molar-refractivity contribution in [2.75, 3.05) is 11.5 Å². The topological polar surface area (TPSA) is 52.0 Å². The number of benzene rings is 3. The van der Waals surface area contributed by atoms with Gasteiger partial charge in [0.2, 0.25) is 0 Å². The van der Waals surface area contributed by atoms with Gasteiger partial charge in [-0.1, -0.05) is 13.8 Å². The van der Waals surface area contributed by atoms with E-state index in [9.17, 15) is 0 Å². The molecule has 25 heavy (non-hydrogen) atoms. The summed E-state index contributed by atoms with van der Waals surface area (Å²) in [6, 6.07) is 2.01. The van der Waals surface area contributed by atoms with Gasteiger partial charge in [-0.3, -0.25) is 0 Å². The van der Waals surface area contributed by atoms with Crippen molar-refractivity contribution in [3.8, 4) is 0 Å². The minimum absolute atomic E-state index is 0.685. The summed E-state index contributed by atoms with van der Waals surface area (Å²) in [6.07, 6.45) is 2.10. The molecule has 3 aromatic carbocycles. The Morgan fingerprint density at radius 2 is 1.20 bits per heavy atom. The van der Waals surface area contributed by atoms with Gasteiger partial charge in [-0.2, -0.15) is 0 Å². The molecular weight excluding hydrogens is 304 g/mol. The summed E-state index contributed by atoms with van der Waals surface area (Å²) in [4.78, 5) is 0. The molecule has 0 spiro atoms. The number of nitrogens with two attached hydrogens (primary N) is 2. The maximum Gasteiger partial charge on any atom is 0.0630 e. The van der Waals surface area contributed by atoms with Gasteiger partial charge in [0.15, 0.2) is 0 Å². The zero-order valence-corrected chi connectivity index (χ0v) is 16.6. The molecule has 0 amide bonds. The largest absolute Gasteiger partial charge is 0.397 e. The van der Waals surface area contributed by atoms with Gasteiger partial charge in [0, 0.05) is 5.39 Å². The molecule has 0 bridgehead atoms. The number of rotatable bonds is 2. The Morgan fingerprint density at radius 1 is 0.640 bits per heavy atom. The predicted octanol–water partition coefficient (Wildman–Crippen LogP) is 5.82. The highest BCUT2D eigenvalue weighted by Crippen LogP contribution is 2.43. The quantitative estimate of drug-likeness (QED) is 0.458. The van der Waals surface area contributed by atoms with Gasteiger partial charge < -0.3 is 11.5 Å². The van der Waals surface area contributed by atoms with Crippen molar-refractivity contribution in [1.82, 2.24) is 0 Å². The number of aryl methyl sites for hydroxylation is 5. The van der Waals surface area contributed by atoms with Gasteiger partial charge in [0.1, 0.15) is 0 Å². The Bertz CT molecular complexity index is 1030. The first-order chi connectivity index (χ1) is 11.8. The Labute approximate surface area is 151 Å². The summed E-state index contributed by atoms with van der Waals surface area (Å²) in [5.74, 6) is 0.